The fourth-order valence-electron chi connectivity index (χ4n) is 1.91. The minimum atomic E-state index is -3.50. The van der Waals surface area contributed by atoms with Gasteiger partial charge in [-0.25, -0.2) is 13.1 Å². The van der Waals surface area contributed by atoms with Crippen molar-refractivity contribution < 1.29 is 8.42 Å². The van der Waals surface area contributed by atoms with Gasteiger partial charge in [-0.15, -0.1) is 0 Å². The number of benzene rings is 1. The van der Waals surface area contributed by atoms with Gasteiger partial charge in [-0.05, 0) is 58.1 Å². The minimum absolute atomic E-state index is 0.116. The molecule has 0 aromatic heterocycles. The normalized spacial score (nSPS) is 13.7. The summed E-state index contributed by atoms with van der Waals surface area (Å²) in [6, 6.07) is 4.79. The SMILES string of the molecule is CCc1ccc(S(=O)(=O)NC(C)CCN(C)C)cc1N. The first-order valence-electron chi connectivity index (χ1n) is 6.81. The Bertz CT molecular complexity index is 541. The highest BCUT2D eigenvalue weighted by Crippen LogP contribution is 2.18. The molecular formula is C14H25N3O2S. The molecule has 1 aromatic carbocycles. The third kappa shape index (κ3) is 4.77. The maximum atomic E-state index is 12.3. The molecule has 0 saturated heterocycles. The molecule has 5 nitrogen and oxygen atoms in total. The quantitative estimate of drug-likeness (QED) is 0.747. The summed E-state index contributed by atoms with van der Waals surface area (Å²) in [5.74, 6) is 0. The Morgan fingerprint density at radius 1 is 1.35 bits per heavy atom. The molecule has 0 aliphatic carbocycles. The lowest BCUT2D eigenvalue weighted by Gasteiger charge is -2.17. The third-order valence-corrected chi connectivity index (χ3v) is 4.76. The van der Waals surface area contributed by atoms with E-state index < -0.39 is 10.0 Å². The van der Waals surface area contributed by atoms with E-state index in [1.807, 2.05) is 32.8 Å². The average molecular weight is 299 g/mol. The fourth-order valence-corrected chi connectivity index (χ4v) is 3.22. The van der Waals surface area contributed by atoms with Gasteiger partial charge in [0.05, 0.1) is 4.90 Å². The second kappa shape index (κ2) is 7.06. The summed E-state index contributed by atoms with van der Waals surface area (Å²) in [5, 5.41) is 0. The lowest BCUT2D eigenvalue weighted by atomic mass is 10.1. The molecule has 0 aliphatic rings. The van der Waals surface area contributed by atoms with Gasteiger partial charge in [-0.3, -0.25) is 0 Å². The van der Waals surface area contributed by atoms with Crippen LogP contribution in [0.15, 0.2) is 23.1 Å². The fraction of sp³-hybridized carbons (Fsp3) is 0.571. The van der Waals surface area contributed by atoms with Crippen LogP contribution in [0.25, 0.3) is 0 Å². The molecule has 0 heterocycles. The molecule has 6 heteroatoms. The van der Waals surface area contributed by atoms with Gasteiger partial charge in [0.1, 0.15) is 0 Å². The second-order valence-electron chi connectivity index (χ2n) is 5.33. The summed E-state index contributed by atoms with van der Waals surface area (Å²) in [6.07, 6.45) is 1.55. The average Bonchev–Trinajstić information content (AvgIpc) is 2.35. The molecular weight excluding hydrogens is 274 g/mol. The van der Waals surface area contributed by atoms with Crippen LogP contribution in [-0.2, 0) is 16.4 Å². The number of rotatable bonds is 7. The number of anilines is 1. The molecule has 114 valence electrons. The van der Waals surface area contributed by atoms with Crippen molar-refractivity contribution in [2.24, 2.45) is 0 Å². The first-order chi connectivity index (χ1) is 9.26. The van der Waals surface area contributed by atoms with Gasteiger partial charge in [0, 0.05) is 11.7 Å². The number of nitrogen functional groups attached to an aromatic ring is 1. The Kier molecular flexibility index (Phi) is 5.98. The van der Waals surface area contributed by atoms with Crippen LogP contribution in [0.5, 0.6) is 0 Å². The van der Waals surface area contributed by atoms with Gasteiger partial charge in [0.25, 0.3) is 0 Å². The van der Waals surface area contributed by atoms with E-state index in [1.165, 1.54) is 6.07 Å². The highest BCUT2D eigenvalue weighted by atomic mass is 32.2. The minimum Gasteiger partial charge on any atom is -0.398 e. The van der Waals surface area contributed by atoms with E-state index in [2.05, 4.69) is 4.72 Å². The number of nitrogens with two attached hydrogens (primary N) is 1. The zero-order valence-corrected chi connectivity index (χ0v) is 13.5. The summed E-state index contributed by atoms with van der Waals surface area (Å²) in [5.41, 5.74) is 7.35. The zero-order chi connectivity index (χ0) is 15.3. The van der Waals surface area contributed by atoms with E-state index in [0.29, 0.717) is 5.69 Å². The van der Waals surface area contributed by atoms with E-state index in [9.17, 15) is 8.42 Å². The molecule has 0 fully saturated rings. The molecule has 0 saturated carbocycles. The molecule has 1 aromatic rings. The Labute approximate surface area is 122 Å². The monoisotopic (exact) mass is 299 g/mol. The van der Waals surface area contributed by atoms with Crippen molar-refractivity contribution in [3.63, 3.8) is 0 Å². The molecule has 1 rings (SSSR count). The number of sulfonamides is 1. The zero-order valence-electron chi connectivity index (χ0n) is 12.7. The van der Waals surface area contributed by atoms with E-state index >= 15 is 0 Å². The third-order valence-electron chi connectivity index (χ3n) is 3.17. The summed E-state index contributed by atoms with van der Waals surface area (Å²) < 4.78 is 27.2. The van der Waals surface area contributed by atoms with Crippen LogP contribution in [0.3, 0.4) is 0 Å². The molecule has 0 radical (unpaired) electrons. The van der Waals surface area contributed by atoms with Gasteiger partial charge >= 0.3 is 0 Å². The predicted molar refractivity (Wildman–Crippen MR) is 83.2 cm³/mol. The summed E-state index contributed by atoms with van der Waals surface area (Å²) in [7, 11) is 0.424. The lowest BCUT2D eigenvalue weighted by molar-refractivity contribution is 0.379. The second-order valence-corrected chi connectivity index (χ2v) is 7.04. The van der Waals surface area contributed by atoms with Crippen molar-refractivity contribution in [1.82, 2.24) is 9.62 Å². The maximum absolute atomic E-state index is 12.3. The van der Waals surface area contributed by atoms with Gasteiger partial charge in [-0.1, -0.05) is 13.0 Å². The molecule has 3 N–H and O–H groups in total. The van der Waals surface area contributed by atoms with E-state index in [0.717, 1.165) is 24.9 Å². The van der Waals surface area contributed by atoms with Gasteiger partial charge in [0.2, 0.25) is 10.0 Å². The predicted octanol–water partition coefficient (Wildman–Crippen LogP) is 1.45. The summed E-state index contributed by atoms with van der Waals surface area (Å²) >= 11 is 0. The Hall–Kier alpha value is -1.11. The Morgan fingerprint density at radius 2 is 2.00 bits per heavy atom. The van der Waals surface area contributed by atoms with Crippen LogP contribution < -0.4 is 10.5 Å². The standard InChI is InChI=1S/C14H25N3O2S/c1-5-12-6-7-13(10-14(12)15)20(18,19)16-11(2)8-9-17(3)4/h6-7,10-11,16H,5,8-9,15H2,1-4H3. The van der Waals surface area contributed by atoms with Crippen molar-refractivity contribution in [3.8, 4) is 0 Å². The van der Waals surface area contributed by atoms with Crippen molar-refractivity contribution in [2.45, 2.75) is 37.6 Å². The smallest absolute Gasteiger partial charge is 0.240 e. The molecule has 20 heavy (non-hydrogen) atoms. The van der Waals surface area contributed by atoms with Crippen molar-refractivity contribution >= 4 is 15.7 Å². The molecule has 0 spiro atoms. The van der Waals surface area contributed by atoms with Crippen molar-refractivity contribution in [3.05, 3.63) is 23.8 Å². The maximum Gasteiger partial charge on any atom is 0.240 e. The van der Waals surface area contributed by atoms with Crippen LogP contribution in [-0.4, -0.2) is 40.0 Å². The highest BCUT2D eigenvalue weighted by molar-refractivity contribution is 7.89. The highest BCUT2D eigenvalue weighted by Gasteiger charge is 2.18. The first kappa shape index (κ1) is 16.9. The number of hydrogen-bond donors (Lipinski definition) is 2. The van der Waals surface area contributed by atoms with Crippen molar-refractivity contribution in [1.29, 1.82) is 0 Å². The number of hydrogen-bond acceptors (Lipinski definition) is 4. The van der Waals surface area contributed by atoms with E-state index in [1.54, 1.807) is 12.1 Å². The first-order valence-corrected chi connectivity index (χ1v) is 8.30. The molecule has 0 bridgehead atoms. The molecule has 0 aliphatic heterocycles. The number of aryl methyl sites for hydroxylation is 1. The summed E-state index contributed by atoms with van der Waals surface area (Å²) in [4.78, 5) is 2.25. The summed E-state index contributed by atoms with van der Waals surface area (Å²) in [6.45, 7) is 4.69. The lowest BCUT2D eigenvalue weighted by Crippen LogP contribution is -2.34. The van der Waals surface area contributed by atoms with Gasteiger partial charge < -0.3 is 10.6 Å². The van der Waals surface area contributed by atoms with Crippen LogP contribution in [0.4, 0.5) is 5.69 Å². The molecule has 0 amide bonds. The van der Waals surface area contributed by atoms with E-state index in [4.69, 9.17) is 5.73 Å². The Morgan fingerprint density at radius 3 is 2.50 bits per heavy atom. The van der Waals surface area contributed by atoms with Gasteiger partial charge in [0.15, 0.2) is 0 Å². The van der Waals surface area contributed by atoms with Crippen molar-refractivity contribution in [2.75, 3.05) is 26.4 Å². The number of nitrogens with zero attached hydrogens (tertiary/aromatic N) is 1. The largest absolute Gasteiger partial charge is 0.398 e. The van der Waals surface area contributed by atoms with Crippen LogP contribution in [0.2, 0.25) is 0 Å². The van der Waals surface area contributed by atoms with Crippen LogP contribution in [0.1, 0.15) is 25.8 Å². The van der Waals surface area contributed by atoms with Crippen LogP contribution >= 0.6 is 0 Å². The Balaban J connectivity index is 2.81. The van der Waals surface area contributed by atoms with Gasteiger partial charge in [-0.2, -0.15) is 0 Å². The topological polar surface area (TPSA) is 75.4 Å². The molecule has 1 atom stereocenters. The van der Waals surface area contributed by atoms with Crippen LogP contribution in [0, 0.1) is 0 Å². The molecule has 1 unspecified atom stereocenters. The number of nitrogens with one attached hydrogen (secondary N) is 1. The van der Waals surface area contributed by atoms with E-state index in [-0.39, 0.29) is 10.9 Å².